The third kappa shape index (κ3) is 5.47. The third-order valence-corrected chi connectivity index (χ3v) is 7.50. The van der Waals surface area contributed by atoms with E-state index in [2.05, 4.69) is 20.5 Å². The first kappa shape index (κ1) is 23.1. The van der Waals surface area contributed by atoms with Crippen molar-refractivity contribution in [3.63, 3.8) is 0 Å². The van der Waals surface area contributed by atoms with Gasteiger partial charge in [-0.1, -0.05) is 18.2 Å². The highest BCUT2D eigenvalue weighted by atomic mass is 32.2. The molecule has 8 nitrogen and oxygen atoms in total. The Kier molecular flexibility index (Phi) is 6.87. The van der Waals surface area contributed by atoms with Crippen molar-refractivity contribution < 1.29 is 17.6 Å². The first-order chi connectivity index (χ1) is 15.8. The van der Waals surface area contributed by atoms with Crippen molar-refractivity contribution in [1.29, 1.82) is 0 Å². The fourth-order valence-electron chi connectivity index (χ4n) is 3.85. The summed E-state index contributed by atoms with van der Waals surface area (Å²) in [6, 6.07) is 14.0. The van der Waals surface area contributed by atoms with E-state index in [9.17, 15) is 17.6 Å². The van der Waals surface area contributed by atoms with Crippen LogP contribution in [0.15, 0.2) is 59.5 Å². The largest absolute Gasteiger partial charge is 0.337 e. The zero-order chi connectivity index (χ0) is 23.4. The van der Waals surface area contributed by atoms with E-state index in [4.69, 9.17) is 0 Å². The van der Waals surface area contributed by atoms with Gasteiger partial charge in [0.2, 0.25) is 10.0 Å². The summed E-state index contributed by atoms with van der Waals surface area (Å²) >= 11 is 0. The molecule has 10 heteroatoms. The number of hydrogen-bond donors (Lipinski definition) is 2. The zero-order valence-electron chi connectivity index (χ0n) is 18.3. The Hall–Kier alpha value is -3.08. The van der Waals surface area contributed by atoms with Crippen LogP contribution in [0, 0.1) is 12.7 Å². The maximum absolute atomic E-state index is 13.1. The van der Waals surface area contributed by atoms with Crippen molar-refractivity contribution in [3.8, 4) is 0 Å². The first-order valence-corrected chi connectivity index (χ1v) is 12.2. The topological polar surface area (TPSA) is 94.6 Å². The third-order valence-electron chi connectivity index (χ3n) is 5.59. The highest BCUT2D eigenvalue weighted by Crippen LogP contribution is 2.22. The van der Waals surface area contributed by atoms with Gasteiger partial charge in [-0.05, 0) is 43.3 Å². The minimum Gasteiger partial charge on any atom is -0.337 e. The standard InChI is InChI=1S/C23H26FN5O3S/c1-17-16-22(20-4-2-3-5-21(20)26-17)27-23(30)25-10-11-28-12-14-29(15-13-28)33(31,32)19-8-6-18(24)7-9-19/h2-9,16H,10-15H2,1H3,(H2,25,26,27,30). The lowest BCUT2D eigenvalue weighted by Gasteiger charge is -2.33. The average Bonchev–Trinajstić information content (AvgIpc) is 2.79. The average molecular weight is 472 g/mol. The van der Waals surface area contributed by atoms with Crippen LogP contribution in [0.1, 0.15) is 5.69 Å². The SMILES string of the molecule is Cc1cc(NC(=O)NCCN2CCN(S(=O)(=O)c3ccc(F)cc3)CC2)c2ccccc2n1. The minimum absolute atomic E-state index is 0.0922. The van der Waals surface area contributed by atoms with Gasteiger partial charge in [0.25, 0.3) is 0 Å². The van der Waals surface area contributed by atoms with Gasteiger partial charge >= 0.3 is 6.03 Å². The van der Waals surface area contributed by atoms with Gasteiger partial charge in [0.15, 0.2) is 0 Å². The number of carbonyl (C=O) groups excluding carboxylic acids is 1. The molecule has 2 heterocycles. The summed E-state index contributed by atoms with van der Waals surface area (Å²) in [7, 11) is -3.64. The molecule has 1 saturated heterocycles. The number of benzene rings is 2. The maximum atomic E-state index is 13.1. The molecule has 0 aliphatic carbocycles. The molecule has 0 spiro atoms. The Morgan fingerprint density at radius 3 is 2.48 bits per heavy atom. The Bertz CT molecular complexity index is 1240. The fraction of sp³-hybridized carbons (Fsp3) is 0.304. The summed E-state index contributed by atoms with van der Waals surface area (Å²) in [5.74, 6) is -0.470. The number of sulfonamides is 1. The van der Waals surface area contributed by atoms with Crippen LogP contribution in [0.5, 0.6) is 0 Å². The van der Waals surface area contributed by atoms with Crippen LogP contribution < -0.4 is 10.6 Å². The molecular formula is C23H26FN5O3S. The molecule has 33 heavy (non-hydrogen) atoms. The molecule has 2 amide bonds. The number of carbonyl (C=O) groups is 1. The number of rotatable bonds is 6. The van der Waals surface area contributed by atoms with Crippen molar-refractivity contribution in [2.24, 2.45) is 0 Å². The van der Waals surface area contributed by atoms with Gasteiger partial charge in [0, 0.05) is 50.3 Å². The highest BCUT2D eigenvalue weighted by molar-refractivity contribution is 7.89. The summed E-state index contributed by atoms with van der Waals surface area (Å²) in [6.07, 6.45) is 0. The van der Waals surface area contributed by atoms with Gasteiger partial charge in [-0.15, -0.1) is 0 Å². The van der Waals surface area contributed by atoms with Crippen molar-refractivity contribution >= 4 is 32.6 Å². The van der Waals surface area contributed by atoms with Crippen LogP contribution in [0.3, 0.4) is 0 Å². The maximum Gasteiger partial charge on any atom is 0.319 e. The van der Waals surface area contributed by atoms with Crippen LogP contribution in [0.4, 0.5) is 14.9 Å². The van der Waals surface area contributed by atoms with E-state index in [1.807, 2.05) is 37.3 Å². The number of aromatic nitrogens is 1. The number of fused-ring (bicyclic) bond motifs is 1. The quantitative estimate of drug-likeness (QED) is 0.577. The van der Waals surface area contributed by atoms with Crippen LogP contribution in [0.25, 0.3) is 10.9 Å². The highest BCUT2D eigenvalue weighted by Gasteiger charge is 2.28. The molecule has 0 saturated carbocycles. The fourth-order valence-corrected chi connectivity index (χ4v) is 5.28. The lowest BCUT2D eigenvalue weighted by Crippen LogP contribution is -2.50. The van der Waals surface area contributed by atoms with Crippen molar-refractivity contribution in [2.45, 2.75) is 11.8 Å². The number of nitrogens with zero attached hydrogens (tertiary/aromatic N) is 3. The second-order valence-electron chi connectivity index (χ2n) is 7.91. The van der Waals surface area contributed by atoms with Gasteiger partial charge < -0.3 is 10.6 Å². The minimum atomic E-state index is -3.64. The molecule has 1 fully saturated rings. The molecule has 0 bridgehead atoms. The van der Waals surface area contributed by atoms with Gasteiger partial charge in [-0.3, -0.25) is 9.88 Å². The van der Waals surface area contributed by atoms with Gasteiger partial charge in [-0.2, -0.15) is 4.31 Å². The smallest absolute Gasteiger partial charge is 0.319 e. The Morgan fingerprint density at radius 1 is 1.06 bits per heavy atom. The molecule has 0 radical (unpaired) electrons. The first-order valence-electron chi connectivity index (χ1n) is 10.7. The van der Waals surface area contributed by atoms with Crippen LogP contribution in [-0.4, -0.2) is 67.9 Å². The molecule has 0 atom stereocenters. The van der Waals surface area contributed by atoms with Crippen LogP contribution in [0.2, 0.25) is 0 Å². The van der Waals surface area contributed by atoms with Crippen molar-refractivity contribution in [2.75, 3.05) is 44.6 Å². The molecular weight excluding hydrogens is 445 g/mol. The predicted molar refractivity (Wildman–Crippen MR) is 125 cm³/mol. The Balaban J connectivity index is 1.25. The monoisotopic (exact) mass is 471 g/mol. The van der Waals surface area contributed by atoms with E-state index in [-0.39, 0.29) is 10.9 Å². The van der Waals surface area contributed by atoms with E-state index >= 15 is 0 Å². The molecule has 174 valence electrons. The Morgan fingerprint density at radius 2 is 1.76 bits per heavy atom. The van der Waals surface area contributed by atoms with E-state index < -0.39 is 15.8 Å². The summed E-state index contributed by atoms with van der Waals surface area (Å²) in [5, 5.41) is 6.62. The summed E-state index contributed by atoms with van der Waals surface area (Å²) in [5.41, 5.74) is 2.34. The zero-order valence-corrected chi connectivity index (χ0v) is 19.1. The lowest BCUT2D eigenvalue weighted by atomic mass is 10.1. The number of anilines is 1. The predicted octanol–water partition coefficient (Wildman–Crippen LogP) is 2.81. The number of amides is 2. The Labute approximate surface area is 192 Å². The molecule has 2 N–H and O–H groups in total. The number of nitrogens with one attached hydrogen (secondary N) is 2. The normalized spacial score (nSPS) is 15.5. The molecule has 2 aromatic carbocycles. The van der Waals surface area contributed by atoms with E-state index in [0.717, 1.165) is 28.7 Å². The lowest BCUT2D eigenvalue weighted by molar-refractivity contribution is 0.189. The van der Waals surface area contributed by atoms with Crippen LogP contribution in [-0.2, 0) is 10.0 Å². The number of piperazine rings is 1. The van der Waals surface area contributed by atoms with Crippen LogP contribution >= 0.6 is 0 Å². The molecule has 0 unspecified atom stereocenters. The van der Waals surface area contributed by atoms with Gasteiger partial charge in [0.1, 0.15) is 5.82 Å². The number of halogens is 1. The van der Waals surface area contributed by atoms with Gasteiger partial charge in [0.05, 0.1) is 16.1 Å². The van der Waals surface area contributed by atoms with Gasteiger partial charge in [-0.25, -0.2) is 17.6 Å². The molecule has 4 rings (SSSR count). The number of aryl methyl sites for hydroxylation is 1. The molecule has 1 aromatic heterocycles. The summed E-state index contributed by atoms with van der Waals surface area (Å²) in [6.45, 7) is 4.70. The number of para-hydroxylation sites is 1. The second kappa shape index (κ2) is 9.82. The summed E-state index contributed by atoms with van der Waals surface area (Å²) in [4.78, 5) is 19.1. The van der Waals surface area contributed by atoms with E-state index in [1.165, 1.54) is 16.4 Å². The van der Waals surface area contributed by atoms with Crippen molar-refractivity contribution in [3.05, 3.63) is 66.1 Å². The molecule has 1 aliphatic heterocycles. The molecule has 3 aromatic rings. The molecule has 1 aliphatic rings. The number of hydrogen-bond acceptors (Lipinski definition) is 5. The number of urea groups is 1. The van der Waals surface area contributed by atoms with E-state index in [0.29, 0.717) is 45.0 Å². The summed E-state index contributed by atoms with van der Waals surface area (Å²) < 4.78 is 39.9. The number of pyridine rings is 1. The van der Waals surface area contributed by atoms with E-state index in [1.54, 1.807) is 0 Å². The second-order valence-corrected chi connectivity index (χ2v) is 9.85. The van der Waals surface area contributed by atoms with Crippen molar-refractivity contribution in [1.82, 2.24) is 19.5 Å².